The van der Waals surface area contributed by atoms with Crippen LogP contribution in [0.3, 0.4) is 0 Å². The van der Waals surface area contributed by atoms with Crippen LogP contribution in [-0.2, 0) is 16.0 Å². The van der Waals surface area contributed by atoms with E-state index in [1.165, 1.54) is 5.56 Å². The third-order valence-corrected chi connectivity index (χ3v) is 3.09. The zero-order valence-corrected chi connectivity index (χ0v) is 13.4. The molecular weight excluding hydrogens is 266 g/mol. The van der Waals surface area contributed by atoms with Gasteiger partial charge in [0, 0.05) is 6.04 Å². The third kappa shape index (κ3) is 7.14. The van der Waals surface area contributed by atoms with E-state index in [1.54, 1.807) is 0 Å². The SMILES string of the molecule is CCCOc1ccc(CC(CC(=O)OCC)NCC)cc1. The van der Waals surface area contributed by atoms with E-state index >= 15 is 0 Å². The molecule has 1 unspecified atom stereocenters. The first-order valence-electron chi connectivity index (χ1n) is 7.80. The van der Waals surface area contributed by atoms with Gasteiger partial charge in [0.2, 0.25) is 0 Å². The van der Waals surface area contributed by atoms with Crippen LogP contribution in [0.4, 0.5) is 0 Å². The van der Waals surface area contributed by atoms with Gasteiger partial charge in [-0.05, 0) is 44.0 Å². The van der Waals surface area contributed by atoms with Gasteiger partial charge < -0.3 is 14.8 Å². The van der Waals surface area contributed by atoms with Gasteiger partial charge in [0.05, 0.1) is 19.6 Å². The number of ether oxygens (including phenoxy) is 2. The van der Waals surface area contributed by atoms with Crippen LogP contribution >= 0.6 is 0 Å². The van der Waals surface area contributed by atoms with Gasteiger partial charge in [0.1, 0.15) is 5.75 Å². The van der Waals surface area contributed by atoms with Crippen LogP contribution < -0.4 is 10.1 Å². The lowest BCUT2D eigenvalue weighted by Crippen LogP contribution is -2.33. The smallest absolute Gasteiger partial charge is 0.307 e. The molecule has 0 radical (unpaired) electrons. The number of benzene rings is 1. The normalized spacial score (nSPS) is 12.0. The molecule has 118 valence electrons. The van der Waals surface area contributed by atoms with Crippen LogP contribution in [0, 0.1) is 0 Å². The number of hydrogen-bond acceptors (Lipinski definition) is 4. The number of carbonyl (C=O) groups excluding carboxylic acids is 1. The lowest BCUT2D eigenvalue weighted by Gasteiger charge is -2.17. The first kappa shape index (κ1) is 17.5. The molecule has 1 rings (SSSR count). The maximum absolute atomic E-state index is 11.6. The van der Waals surface area contributed by atoms with Crippen molar-refractivity contribution in [3.8, 4) is 5.75 Å². The summed E-state index contributed by atoms with van der Waals surface area (Å²) in [5, 5.41) is 3.34. The van der Waals surface area contributed by atoms with E-state index in [-0.39, 0.29) is 12.0 Å². The predicted molar refractivity (Wildman–Crippen MR) is 84.6 cm³/mol. The fraction of sp³-hybridized carbons (Fsp3) is 0.588. The lowest BCUT2D eigenvalue weighted by atomic mass is 10.0. The molecule has 4 nitrogen and oxygen atoms in total. The minimum absolute atomic E-state index is 0.108. The number of hydrogen-bond donors (Lipinski definition) is 1. The highest BCUT2D eigenvalue weighted by molar-refractivity contribution is 5.70. The Morgan fingerprint density at radius 3 is 2.48 bits per heavy atom. The van der Waals surface area contributed by atoms with Crippen LogP contribution in [0.2, 0.25) is 0 Å². The molecule has 0 aliphatic carbocycles. The molecular formula is C17H27NO3. The Labute approximate surface area is 127 Å². The molecule has 1 aromatic carbocycles. The molecule has 0 saturated heterocycles. The first-order chi connectivity index (χ1) is 10.2. The third-order valence-electron chi connectivity index (χ3n) is 3.09. The molecule has 4 heteroatoms. The number of likely N-dealkylation sites (N-methyl/N-ethyl adjacent to an activating group) is 1. The summed E-state index contributed by atoms with van der Waals surface area (Å²) in [4.78, 5) is 11.6. The van der Waals surface area contributed by atoms with Crippen molar-refractivity contribution in [3.05, 3.63) is 29.8 Å². The molecule has 21 heavy (non-hydrogen) atoms. The minimum atomic E-state index is -0.147. The summed E-state index contributed by atoms with van der Waals surface area (Å²) in [6.07, 6.45) is 2.21. The molecule has 1 N–H and O–H groups in total. The Kier molecular flexibility index (Phi) is 8.51. The summed E-state index contributed by atoms with van der Waals surface area (Å²) in [7, 11) is 0. The maximum Gasteiger partial charge on any atom is 0.307 e. The minimum Gasteiger partial charge on any atom is -0.494 e. The van der Waals surface area contributed by atoms with Crippen molar-refractivity contribution in [2.45, 2.75) is 46.1 Å². The van der Waals surface area contributed by atoms with Crippen molar-refractivity contribution >= 4 is 5.97 Å². The second-order valence-corrected chi connectivity index (χ2v) is 4.96. The molecule has 0 spiro atoms. The van der Waals surface area contributed by atoms with Gasteiger partial charge >= 0.3 is 5.97 Å². The van der Waals surface area contributed by atoms with Crippen LogP contribution in [-0.4, -0.2) is 31.8 Å². The Balaban J connectivity index is 2.55. The van der Waals surface area contributed by atoms with Crippen molar-refractivity contribution in [3.63, 3.8) is 0 Å². The molecule has 0 aromatic heterocycles. The maximum atomic E-state index is 11.6. The van der Waals surface area contributed by atoms with Crippen molar-refractivity contribution in [1.82, 2.24) is 5.32 Å². The molecule has 0 heterocycles. The summed E-state index contributed by atoms with van der Waals surface area (Å²) < 4.78 is 10.6. The van der Waals surface area contributed by atoms with Gasteiger partial charge in [0.25, 0.3) is 0 Å². The van der Waals surface area contributed by atoms with Gasteiger partial charge in [0.15, 0.2) is 0 Å². The fourth-order valence-electron chi connectivity index (χ4n) is 2.15. The largest absolute Gasteiger partial charge is 0.494 e. The summed E-state index contributed by atoms with van der Waals surface area (Å²) in [5.41, 5.74) is 1.19. The zero-order chi connectivity index (χ0) is 15.5. The highest BCUT2D eigenvalue weighted by Crippen LogP contribution is 2.14. The summed E-state index contributed by atoms with van der Waals surface area (Å²) in [6.45, 7) is 7.96. The quantitative estimate of drug-likeness (QED) is 0.674. The summed E-state index contributed by atoms with van der Waals surface area (Å²) in [5.74, 6) is 0.748. The van der Waals surface area contributed by atoms with Gasteiger partial charge in [-0.25, -0.2) is 0 Å². The Bertz CT molecular complexity index is 403. The average molecular weight is 293 g/mol. The molecule has 0 amide bonds. The van der Waals surface area contributed by atoms with Gasteiger partial charge in [-0.3, -0.25) is 4.79 Å². The second-order valence-electron chi connectivity index (χ2n) is 4.96. The number of esters is 1. The summed E-state index contributed by atoms with van der Waals surface area (Å²) >= 11 is 0. The molecule has 0 saturated carbocycles. The Morgan fingerprint density at radius 2 is 1.90 bits per heavy atom. The molecule has 0 aliphatic rings. The van der Waals surface area contributed by atoms with Crippen molar-refractivity contribution in [2.75, 3.05) is 19.8 Å². The summed E-state index contributed by atoms with van der Waals surface area (Å²) in [6, 6.07) is 8.19. The van der Waals surface area contributed by atoms with Gasteiger partial charge in [-0.15, -0.1) is 0 Å². The highest BCUT2D eigenvalue weighted by Gasteiger charge is 2.14. The van der Waals surface area contributed by atoms with E-state index in [0.29, 0.717) is 13.0 Å². The van der Waals surface area contributed by atoms with Crippen LogP contribution in [0.15, 0.2) is 24.3 Å². The fourth-order valence-corrected chi connectivity index (χ4v) is 2.15. The van der Waals surface area contributed by atoms with E-state index in [2.05, 4.69) is 24.4 Å². The standard InChI is InChI=1S/C17H27NO3/c1-4-11-21-16-9-7-14(8-10-16)12-15(18-5-2)13-17(19)20-6-3/h7-10,15,18H,4-6,11-13H2,1-3H3. The second kappa shape index (κ2) is 10.2. The topological polar surface area (TPSA) is 47.6 Å². The number of nitrogens with one attached hydrogen (secondary N) is 1. The number of rotatable bonds is 10. The highest BCUT2D eigenvalue weighted by atomic mass is 16.5. The molecule has 0 fully saturated rings. The van der Waals surface area contributed by atoms with E-state index in [1.807, 2.05) is 26.0 Å². The van der Waals surface area contributed by atoms with Crippen LogP contribution in [0.25, 0.3) is 0 Å². The average Bonchev–Trinajstić information content (AvgIpc) is 2.47. The predicted octanol–water partition coefficient (Wildman–Crippen LogP) is 2.95. The van der Waals surface area contributed by atoms with Gasteiger partial charge in [-0.1, -0.05) is 26.0 Å². The zero-order valence-electron chi connectivity index (χ0n) is 13.4. The molecule has 0 aliphatic heterocycles. The number of carbonyl (C=O) groups is 1. The molecule has 0 bridgehead atoms. The monoisotopic (exact) mass is 293 g/mol. The van der Waals surface area contributed by atoms with Crippen molar-refractivity contribution in [2.24, 2.45) is 0 Å². The van der Waals surface area contributed by atoms with Gasteiger partial charge in [-0.2, -0.15) is 0 Å². The van der Waals surface area contributed by atoms with E-state index in [0.717, 1.165) is 31.7 Å². The van der Waals surface area contributed by atoms with Crippen molar-refractivity contribution < 1.29 is 14.3 Å². The van der Waals surface area contributed by atoms with E-state index in [9.17, 15) is 4.79 Å². The Morgan fingerprint density at radius 1 is 1.19 bits per heavy atom. The van der Waals surface area contributed by atoms with Crippen LogP contribution in [0.1, 0.15) is 39.2 Å². The van der Waals surface area contributed by atoms with E-state index in [4.69, 9.17) is 9.47 Å². The van der Waals surface area contributed by atoms with Crippen LogP contribution in [0.5, 0.6) is 5.75 Å². The lowest BCUT2D eigenvalue weighted by molar-refractivity contribution is -0.143. The molecule has 1 atom stereocenters. The van der Waals surface area contributed by atoms with E-state index < -0.39 is 0 Å². The molecule has 1 aromatic rings. The Hall–Kier alpha value is -1.55. The van der Waals surface area contributed by atoms with Crippen molar-refractivity contribution in [1.29, 1.82) is 0 Å². The first-order valence-corrected chi connectivity index (χ1v) is 7.80.